The van der Waals surface area contributed by atoms with E-state index in [9.17, 15) is 4.79 Å². The molecule has 0 radical (unpaired) electrons. The number of nitrogens with two attached hydrogens (primary N) is 1. The van der Waals surface area contributed by atoms with Crippen molar-refractivity contribution in [2.75, 3.05) is 12.0 Å². The Morgan fingerprint density at radius 3 is 3.05 bits per heavy atom. The van der Waals surface area contributed by atoms with Gasteiger partial charge in [-0.2, -0.15) is 0 Å². The van der Waals surface area contributed by atoms with Crippen LogP contribution in [0, 0.1) is 0 Å². The molecule has 0 aliphatic carbocycles. The van der Waals surface area contributed by atoms with Gasteiger partial charge < -0.3 is 10.3 Å². The number of fused-ring (bicyclic) bond motifs is 1. The third kappa shape index (κ3) is 2.14. The van der Waals surface area contributed by atoms with E-state index in [1.165, 1.54) is 22.8 Å². The normalized spacial score (nSPS) is 17.7. The van der Waals surface area contributed by atoms with E-state index >= 15 is 0 Å². The average Bonchev–Trinajstić information content (AvgIpc) is 2.96. The average molecular weight is 289 g/mol. The predicted octanol–water partition coefficient (Wildman–Crippen LogP) is 1.58. The molecule has 1 aliphatic heterocycles. The number of nitrogens with zero attached hydrogens (tertiary/aromatic N) is 3. The van der Waals surface area contributed by atoms with Crippen molar-refractivity contribution in [2.45, 2.75) is 19.4 Å². The Balaban J connectivity index is 1.84. The van der Waals surface area contributed by atoms with Crippen LogP contribution in [0.25, 0.3) is 0 Å². The van der Waals surface area contributed by atoms with Crippen molar-refractivity contribution in [3.63, 3.8) is 0 Å². The molecule has 6 nitrogen and oxygen atoms in total. The molecular formula is C13H15N5OS. The van der Waals surface area contributed by atoms with Gasteiger partial charge in [0.15, 0.2) is 5.82 Å². The highest BCUT2D eigenvalue weighted by Gasteiger charge is 2.29. The molecule has 3 rings (SSSR count). The van der Waals surface area contributed by atoms with Gasteiger partial charge in [-0.3, -0.25) is 4.79 Å². The predicted molar refractivity (Wildman–Crippen MR) is 77.3 cm³/mol. The molecule has 0 aromatic carbocycles. The summed E-state index contributed by atoms with van der Waals surface area (Å²) in [6, 6.07) is 2.17. The molecule has 1 amide bonds. The standard InChI is InChI=1S/C13H15N5OS/c1-8-9-3-5-20-11(9)2-4-18(8)13(19)10-6-16-12(17-14)7-15-10/h3,5-8H,2,4,14H2,1H3,(H,16,17). The topological polar surface area (TPSA) is 84.1 Å². The van der Waals surface area contributed by atoms with Crippen molar-refractivity contribution in [3.8, 4) is 0 Å². The molecule has 0 saturated carbocycles. The summed E-state index contributed by atoms with van der Waals surface area (Å²) in [5.41, 5.74) is 3.97. The summed E-state index contributed by atoms with van der Waals surface area (Å²) in [6.07, 6.45) is 3.81. The molecule has 0 fully saturated rings. The van der Waals surface area contributed by atoms with E-state index in [-0.39, 0.29) is 11.9 Å². The molecule has 0 saturated heterocycles. The van der Waals surface area contributed by atoms with Crippen LogP contribution in [-0.2, 0) is 6.42 Å². The Labute approximate surface area is 120 Å². The minimum Gasteiger partial charge on any atom is -0.330 e. The minimum absolute atomic E-state index is 0.0756. The highest BCUT2D eigenvalue weighted by molar-refractivity contribution is 7.10. The Kier molecular flexibility index (Phi) is 3.37. The van der Waals surface area contributed by atoms with Crippen LogP contribution in [0.2, 0.25) is 0 Å². The number of hydrogen-bond donors (Lipinski definition) is 2. The molecule has 0 bridgehead atoms. The molecule has 2 aromatic heterocycles. The van der Waals surface area contributed by atoms with Gasteiger partial charge in [-0.05, 0) is 30.4 Å². The summed E-state index contributed by atoms with van der Waals surface area (Å²) in [4.78, 5) is 23.9. The molecule has 3 heterocycles. The summed E-state index contributed by atoms with van der Waals surface area (Å²) >= 11 is 1.76. The molecule has 1 aliphatic rings. The SMILES string of the molecule is CC1c2ccsc2CCN1C(=O)c1cnc(NN)cn1. The lowest BCUT2D eigenvalue weighted by atomic mass is 10.0. The number of aromatic nitrogens is 2. The number of thiophene rings is 1. The number of anilines is 1. The minimum atomic E-state index is -0.0922. The number of nitrogens with one attached hydrogen (secondary N) is 1. The molecule has 7 heteroatoms. The first kappa shape index (κ1) is 13.0. The fourth-order valence-corrected chi connectivity index (χ4v) is 3.41. The van der Waals surface area contributed by atoms with Gasteiger partial charge in [0.2, 0.25) is 0 Å². The number of amides is 1. The third-order valence-corrected chi connectivity index (χ3v) is 4.55. The zero-order chi connectivity index (χ0) is 14.1. The van der Waals surface area contributed by atoms with E-state index in [1.54, 1.807) is 11.3 Å². The van der Waals surface area contributed by atoms with Crippen molar-refractivity contribution in [3.05, 3.63) is 40.0 Å². The first-order valence-corrected chi connectivity index (χ1v) is 7.24. The Hall–Kier alpha value is -1.99. The maximum atomic E-state index is 12.5. The second kappa shape index (κ2) is 5.18. The first-order chi connectivity index (χ1) is 9.70. The van der Waals surface area contributed by atoms with Crippen LogP contribution in [0.15, 0.2) is 23.8 Å². The lowest BCUT2D eigenvalue weighted by Gasteiger charge is -2.33. The summed E-state index contributed by atoms with van der Waals surface area (Å²) in [5.74, 6) is 5.58. The van der Waals surface area contributed by atoms with Gasteiger partial charge in [-0.15, -0.1) is 11.3 Å². The lowest BCUT2D eigenvalue weighted by molar-refractivity contribution is 0.0673. The maximum Gasteiger partial charge on any atom is 0.274 e. The summed E-state index contributed by atoms with van der Waals surface area (Å²) < 4.78 is 0. The first-order valence-electron chi connectivity index (χ1n) is 6.36. The van der Waals surface area contributed by atoms with Crippen molar-refractivity contribution in [2.24, 2.45) is 5.84 Å². The largest absolute Gasteiger partial charge is 0.330 e. The molecule has 20 heavy (non-hydrogen) atoms. The van der Waals surface area contributed by atoms with E-state index in [0.29, 0.717) is 18.1 Å². The zero-order valence-electron chi connectivity index (χ0n) is 11.0. The lowest BCUT2D eigenvalue weighted by Crippen LogP contribution is -2.38. The molecular weight excluding hydrogens is 274 g/mol. The van der Waals surface area contributed by atoms with E-state index in [4.69, 9.17) is 5.84 Å². The van der Waals surface area contributed by atoms with Crippen LogP contribution in [0.5, 0.6) is 0 Å². The number of rotatable bonds is 2. The van der Waals surface area contributed by atoms with Crippen LogP contribution in [0.1, 0.15) is 33.9 Å². The van der Waals surface area contributed by atoms with E-state index < -0.39 is 0 Å². The van der Waals surface area contributed by atoms with E-state index in [0.717, 1.165) is 6.42 Å². The van der Waals surface area contributed by atoms with Crippen LogP contribution in [0.3, 0.4) is 0 Å². The maximum absolute atomic E-state index is 12.5. The molecule has 0 spiro atoms. The quantitative estimate of drug-likeness (QED) is 0.648. The highest BCUT2D eigenvalue weighted by atomic mass is 32.1. The van der Waals surface area contributed by atoms with Gasteiger partial charge in [0.05, 0.1) is 18.4 Å². The number of hydrazine groups is 1. The second-order valence-corrected chi connectivity index (χ2v) is 5.66. The summed E-state index contributed by atoms with van der Waals surface area (Å²) in [6.45, 7) is 2.76. The monoisotopic (exact) mass is 289 g/mol. The van der Waals surface area contributed by atoms with Gasteiger partial charge in [0.1, 0.15) is 5.69 Å². The third-order valence-electron chi connectivity index (χ3n) is 3.56. The van der Waals surface area contributed by atoms with Gasteiger partial charge >= 0.3 is 0 Å². The molecule has 2 aromatic rings. The van der Waals surface area contributed by atoms with Crippen molar-refractivity contribution in [1.82, 2.24) is 14.9 Å². The molecule has 1 atom stereocenters. The van der Waals surface area contributed by atoms with Gasteiger partial charge in [0, 0.05) is 11.4 Å². The van der Waals surface area contributed by atoms with E-state index in [1.807, 2.05) is 11.8 Å². The van der Waals surface area contributed by atoms with Crippen LogP contribution < -0.4 is 11.3 Å². The van der Waals surface area contributed by atoms with E-state index in [2.05, 4.69) is 26.8 Å². The number of carbonyl (C=O) groups is 1. The molecule has 104 valence electrons. The van der Waals surface area contributed by atoms with Gasteiger partial charge in [-0.25, -0.2) is 15.8 Å². The zero-order valence-corrected chi connectivity index (χ0v) is 11.9. The Bertz CT molecular complexity index is 624. The molecule has 1 unspecified atom stereocenters. The van der Waals surface area contributed by atoms with Crippen molar-refractivity contribution < 1.29 is 4.79 Å². The van der Waals surface area contributed by atoms with Crippen LogP contribution >= 0.6 is 11.3 Å². The van der Waals surface area contributed by atoms with Crippen molar-refractivity contribution in [1.29, 1.82) is 0 Å². The van der Waals surface area contributed by atoms with Gasteiger partial charge in [-0.1, -0.05) is 0 Å². The van der Waals surface area contributed by atoms with Gasteiger partial charge in [0.25, 0.3) is 5.91 Å². The summed E-state index contributed by atoms with van der Waals surface area (Å²) in [5, 5.41) is 2.08. The highest BCUT2D eigenvalue weighted by Crippen LogP contribution is 2.33. The second-order valence-electron chi connectivity index (χ2n) is 4.65. The number of carbonyl (C=O) groups excluding carboxylic acids is 1. The van der Waals surface area contributed by atoms with Crippen LogP contribution in [-0.4, -0.2) is 27.3 Å². The Morgan fingerprint density at radius 2 is 2.35 bits per heavy atom. The molecule has 3 N–H and O–H groups in total. The number of hydrogen-bond acceptors (Lipinski definition) is 6. The van der Waals surface area contributed by atoms with Crippen LogP contribution in [0.4, 0.5) is 5.82 Å². The number of nitrogen functional groups attached to an aromatic ring is 1. The Morgan fingerprint density at radius 1 is 1.50 bits per heavy atom. The fraction of sp³-hybridized carbons (Fsp3) is 0.308. The van der Waals surface area contributed by atoms with Crippen molar-refractivity contribution >= 4 is 23.1 Å². The summed E-state index contributed by atoms with van der Waals surface area (Å²) in [7, 11) is 0. The fourth-order valence-electron chi connectivity index (χ4n) is 2.45. The smallest absolute Gasteiger partial charge is 0.274 e.